The lowest BCUT2D eigenvalue weighted by Gasteiger charge is -2.31. The summed E-state index contributed by atoms with van der Waals surface area (Å²) < 4.78 is 42.0. The summed E-state index contributed by atoms with van der Waals surface area (Å²) in [5.74, 6) is 0.733. The maximum Gasteiger partial charge on any atom is 0.418 e. The summed E-state index contributed by atoms with van der Waals surface area (Å²) in [4.78, 5) is 29.9. The van der Waals surface area contributed by atoms with Gasteiger partial charge in [0.1, 0.15) is 11.6 Å². The zero-order valence-electron chi connectivity index (χ0n) is 18.8. The Morgan fingerprint density at radius 1 is 1.06 bits per heavy atom. The van der Waals surface area contributed by atoms with Gasteiger partial charge >= 0.3 is 6.18 Å². The van der Waals surface area contributed by atoms with Crippen molar-refractivity contribution in [2.45, 2.75) is 13.1 Å². The van der Waals surface area contributed by atoms with Crippen LogP contribution in [-0.2, 0) is 6.18 Å². The summed E-state index contributed by atoms with van der Waals surface area (Å²) in [6.45, 7) is 3.96. The van der Waals surface area contributed by atoms with Crippen molar-refractivity contribution >= 4 is 28.0 Å². The first kappa shape index (κ1) is 22.8. The zero-order chi connectivity index (χ0) is 24.6. The molecule has 0 amide bonds. The SMILES string of the molecule is Cc1ncc(-c2cc3cc[nH]c(=O)c3c(Nc3ccc(N4CCNCC4)c(C(F)(F)F)c3)n2)cn1. The minimum Gasteiger partial charge on any atom is -0.368 e. The second-order valence-electron chi connectivity index (χ2n) is 8.24. The van der Waals surface area contributed by atoms with Gasteiger partial charge in [-0.3, -0.25) is 4.79 Å². The number of fused-ring (bicyclic) bond motifs is 1. The third-order valence-corrected chi connectivity index (χ3v) is 5.85. The van der Waals surface area contributed by atoms with Crippen LogP contribution in [0.25, 0.3) is 22.0 Å². The summed E-state index contributed by atoms with van der Waals surface area (Å²) in [5, 5.41) is 6.91. The number of alkyl halides is 3. The summed E-state index contributed by atoms with van der Waals surface area (Å²) in [6, 6.07) is 7.51. The molecule has 1 fully saturated rings. The highest BCUT2D eigenvalue weighted by Gasteiger charge is 2.35. The number of hydrogen-bond acceptors (Lipinski definition) is 7. The van der Waals surface area contributed by atoms with E-state index in [1.807, 2.05) is 0 Å². The van der Waals surface area contributed by atoms with E-state index in [9.17, 15) is 18.0 Å². The zero-order valence-corrected chi connectivity index (χ0v) is 18.8. The molecule has 4 heterocycles. The van der Waals surface area contributed by atoms with Crippen LogP contribution in [0.4, 0.5) is 30.4 Å². The fourth-order valence-corrected chi connectivity index (χ4v) is 4.14. The molecular formula is C24H22F3N7O. The molecular weight excluding hydrogens is 459 g/mol. The van der Waals surface area contributed by atoms with Gasteiger partial charge in [0.2, 0.25) is 0 Å². The molecule has 0 radical (unpaired) electrons. The first-order valence-electron chi connectivity index (χ1n) is 11.0. The smallest absolute Gasteiger partial charge is 0.368 e. The number of nitrogens with zero attached hydrogens (tertiary/aromatic N) is 4. The Morgan fingerprint density at radius 2 is 1.80 bits per heavy atom. The van der Waals surface area contributed by atoms with Gasteiger partial charge in [-0.1, -0.05) is 0 Å². The first-order valence-corrected chi connectivity index (χ1v) is 11.0. The lowest BCUT2D eigenvalue weighted by atomic mass is 10.1. The average molecular weight is 481 g/mol. The fraction of sp³-hybridized carbons (Fsp3) is 0.250. The quantitative estimate of drug-likeness (QED) is 0.407. The number of nitrogens with one attached hydrogen (secondary N) is 3. The second-order valence-corrected chi connectivity index (χ2v) is 8.24. The predicted octanol–water partition coefficient (Wildman–Crippen LogP) is 3.86. The molecule has 1 aromatic carbocycles. The molecule has 0 saturated carbocycles. The Bertz CT molecular complexity index is 1430. The number of piperazine rings is 1. The van der Waals surface area contributed by atoms with Gasteiger partial charge in [0.05, 0.1) is 16.6 Å². The van der Waals surface area contributed by atoms with Crippen molar-refractivity contribution < 1.29 is 13.2 Å². The van der Waals surface area contributed by atoms with Crippen molar-refractivity contribution in [1.82, 2.24) is 25.3 Å². The molecule has 0 aliphatic carbocycles. The van der Waals surface area contributed by atoms with Crippen molar-refractivity contribution in [1.29, 1.82) is 0 Å². The summed E-state index contributed by atoms with van der Waals surface area (Å²) in [7, 11) is 0. The molecule has 4 aromatic rings. The third-order valence-electron chi connectivity index (χ3n) is 5.85. The number of anilines is 3. The molecule has 180 valence electrons. The van der Waals surface area contributed by atoms with Crippen LogP contribution in [0.5, 0.6) is 0 Å². The summed E-state index contributed by atoms with van der Waals surface area (Å²) in [6.07, 6.45) is 0.175. The number of hydrogen-bond donors (Lipinski definition) is 3. The van der Waals surface area contributed by atoms with E-state index in [1.165, 1.54) is 12.3 Å². The minimum atomic E-state index is -4.55. The number of aromatic nitrogens is 4. The number of rotatable bonds is 4. The molecule has 8 nitrogen and oxygen atoms in total. The minimum absolute atomic E-state index is 0.130. The summed E-state index contributed by atoms with van der Waals surface area (Å²) in [5.41, 5.74) is 0.254. The summed E-state index contributed by atoms with van der Waals surface area (Å²) >= 11 is 0. The maximum atomic E-state index is 14.0. The number of halogens is 3. The molecule has 5 rings (SSSR count). The van der Waals surface area contributed by atoms with E-state index in [1.54, 1.807) is 42.4 Å². The van der Waals surface area contributed by atoms with Crippen LogP contribution in [0, 0.1) is 6.92 Å². The molecule has 35 heavy (non-hydrogen) atoms. The Kier molecular flexibility index (Phi) is 5.85. The lowest BCUT2D eigenvalue weighted by Crippen LogP contribution is -2.44. The molecule has 3 aromatic heterocycles. The number of benzene rings is 1. The van der Waals surface area contributed by atoms with Crippen LogP contribution in [0.2, 0.25) is 0 Å². The van der Waals surface area contributed by atoms with Crippen molar-refractivity contribution in [3.8, 4) is 11.3 Å². The van der Waals surface area contributed by atoms with Crippen LogP contribution in [-0.4, -0.2) is 46.1 Å². The highest BCUT2D eigenvalue weighted by molar-refractivity contribution is 5.95. The van der Waals surface area contributed by atoms with Crippen LogP contribution >= 0.6 is 0 Å². The topological polar surface area (TPSA) is 98.8 Å². The fourth-order valence-electron chi connectivity index (χ4n) is 4.14. The highest BCUT2D eigenvalue weighted by atomic mass is 19.4. The van der Waals surface area contributed by atoms with Crippen molar-refractivity contribution in [2.24, 2.45) is 0 Å². The molecule has 11 heteroatoms. The van der Waals surface area contributed by atoms with E-state index in [0.717, 1.165) is 6.07 Å². The largest absolute Gasteiger partial charge is 0.418 e. The molecule has 1 aliphatic rings. The van der Waals surface area contributed by atoms with E-state index in [0.29, 0.717) is 48.6 Å². The van der Waals surface area contributed by atoms with Gasteiger partial charge in [0.25, 0.3) is 5.56 Å². The molecule has 3 N–H and O–H groups in total. The maximum absolute atomic E-state index is 14.0. The average Bonchev–Trinajstić information content (AvgIpc) is 2.84. The Hall–Kier alpha value is -3.99. The number of aryl methyl sites for hydroxylation is 1. The molecule has 0 spiro atoms. The Morgan fingerprint density at radius 3 is 2.51 bits per heavy atom. The number of H-pyrrole nitrogens is 1. The third kappa shape index (κ3) is 4.67. The monoisotopic (exact) mass is 481 g/mol. The Labute approximate surface area is 198 Å². The molecule has 0 atom stereocenters. The van der Waals surface area contributed by atoms with Gasteiger partial charge in [0, 0.05) is 61.7 Å². The standard InChI is InChI=1S/C24H22F3N7O/c1-14-30-12-16(13-31-14)19-10-15-4-5-29-23(35)21(15)22(33-19)32-17-2-3-20(18(11-17)24(25,26)27)34-8-6-28-7-9-34/h2-5,10-13,28H,6-9H2,1H3,(H,29,35)(H,32,33). The van der Waals surface area contributed by atoms with E-state index < -0.39 is 17.3 Å². The second kappa shape index (κ2) is 8.99. The van der Waals surface area contributed by atoms with Gasteiger partial charge in [-0.05, 0) is 42.6 Å². The van der Waals surface area contributed by atoms with Gasteiger partial charge in [-0.15, -0.1) is 0 Å². The van der Waals surface area contributed by atoms with Gasteiger partial charge in [-0.25, -0.2) is 15.0 Å². The van der Waals surface area contributed by atoms with Gasteiger partial charge < -0.3 is 20.5 Å². The number of aromatic amines is 1. The van der Waals surface area contributed by atoms with E-state index >= 15 is 0 Å². The molecule has 1 saturated heterocycles. The molecule has 1 aliphatic heterocycles. The van der Waals surface area contributed by atoms with Crippen molar-refractivity contribution in [3.63, 3.8) is 0 Å². The normalized spacial score (nSPS) is 14.3. The van der Waals surface area contributed by atoms with Crippen LogP contribution in [0.3, 0.4) is 0 Å². The molecule has 0 bridgehead atoms. The lowest BCUT2D eigenvalue weighted by molar-refractivity contribution is -0.137. The van der Waals surface area contributed by atoms with E-state index in [-0.39, 0.29) is 22.6 Å². The van der Waals surface area contributed by atoms with E-state index in [2.05, 4.69) is 30.6 Å². The van der Waals surface area contributed by atoms with Crippen molar-refractivity contribution in [3.05, 3.63) is 70.7 Å². The predicted molar refractivity (Wildman–Crippen MR) is 128 cm³/mol. The van der Waals surface area contributed by atoms with E-state index in [4.69, 9.17) is 0 Å². The highest BCUT2D eigenvalue weighted by Crippen LogP contribution is 2.39. The molecule has 0 unspecified atom stereocenters. The van der Waals surface area contributed by atoms with Crippen molar-refractivity contribution in [2.75, 3.05) is 36.4 Å². The van der Waals surface area contributed by atoms with Gasteiger partial charge in [0.15, 0.2) is 0 Å². The van der Waals surface area contributed by atoms with Gasteiger partial charge in [-0.2, -0.15) is 13.2 Å². The Balaban J connectivity index is 1.60. The first-order chi connectivity index (χ1) is 16.8. The number of pyridine rings is 2. The van der Waals surface area contributed by atoms with Crippen LogP contribution in [0.15, 0.2) is 53.7 Å². The van der Waals surface area contributed by atoms with Crippen LogP contribution in [0.1, 0.15) is 11.4 Å². The van der Waals surface area contributed by atoms with Crippen LogP contribution < -0.4 is 21.1 Å².